The number of benzene rings is 2. The zero-order valence-electron chi connectivity index (χ0n) is 14.2. The fraction of sp³-hybridized carbons (Fsp3) is 0.158. The van der Waals surface area contributed by atoms with Crippen LogP contribution in [0.15, 0.2) is 54.7 Å². The lowest BCUT2D eigenvalue weighted by atomic mass is 10.2. The molecule has 0 aliphatic carbocycles. The summed E-state index contributed by atoms with van der Waals surface area (Å²) < 4.78 is 39.9. The molecule has 0 bridgehead atoms. The van der Waals surface area contributed by atoms with E-state index in [4.69, 9.17) is 0 Å². The summed E-state index contributed by atoms with van der Waals surface area (Å²) in [6.45, 7) is 3.82. The van der Waals surface area contributed by atoms with Crippen LogP contribution in [-0.4, -0.2) is 9.97 Å². The first-order chi connectivity index (χ1) is 12.3. The van der Waals surface area contributed by atoms with Crippen molar-refractivity contribution in [2.75, 3.05) is 10.6 Å². The highest BCUT2D eigenvalue weighted by Crippen LogP contribution is 2.35. The molecule has 7 heteroatoms. The molecule has 0 radical (unpaired) electrons. The van der Waals surface area contributed by atoms with E-state index in [1.807, 2.05) is 44.2 Å². The van der Waals surface area contributed by atoms with Crippen molar-refractivity contribution in [3.8, 4) is 0 Å². The van der Waals surface area contributed by atoms with Gasteiger partial charge in [0.25, 0.3) is 0 Å². The van der Waals surface area contributed by atoms with Crippen molar-refractivity contribution in [1.82, 2.24) is 9.97 Å². The summed E-state index contributed by atoms with van der Waals surface area (Å²) in [5.41, 5.74) is 2.32. The number of nitrogens with zero attached hydrogens (tertiary/aromatic N) is 2. The second kappa shape index (κ2) is 7.03. The van der Waals surface area contributed by atoms with Crippen LogP contribution in [0.2, 0.25) is 0 Å². The Labute approximate surface area is 149 Å². The van der Waals surface area contributed by atoms with Crippen molar-refractivity contribution in [1.29, 1.82) is 0 Å². The monoisotopic (exact) mass is 358 g/mol. The summed E-state index contributed by atoms with van der Waals surface area (Å²) in [4.78, 5) is 7.83. The molecule has 3 aromatic rings. The molecule has 0 spiro atoms. The topological polar surface area (TPSA) is 49.8 Å². The molecule has 0 aliphatic rings. The molecule has 3 rings (SSSR count). The van der Waals surface area contributed by atoms with Crippen molar-refractivity contribution in [2.45, 2.75) is 20.0 Å². The number of hydrogen-bond donors (Lipinski definition) is 2. The third-order valence-electron chi connectivity index (χ3n) is 3.68. The van der Waals surface area contributed by atoms with E-state index in [0.717, 1.165) is 17.3 Å². The first kappa shape index (κ1) is 17.7. The van der Waals surface area contributed by atoms with E-state index in [1.165, 1.54) is 0 Å². The maximum Gasteiger partial charge on any atom is 0.421 e. The molecule has 2 N–H and O–H groups in total. The standard InChI is InChI=1S/C19H17F3N4/c1-12-6-8-14(9-7-12)24-17-16(19(20,21)22)11-23-18(26-17)25-15-5-3-4-13(2)10-15/h3-11H,1-2H3,(H2,23,24,25,26). The molecule has 0 aliphatic heterocycles. The predicted octanol–water partition coefficient (Wildman–Crippen LogP) is 5.60. The van der Waals surface area contributed by atoms with E-state index in [1.54, 1.807) is 18.2 Å². The van der Waals surface area contributed by atoms with Crippen LogP contribution in [0, 0.1) is 13.8 Å². The molecule has 26 heavy (non-hydrogen) atoms. The van der Waals surface area contributed by atoms with Crippen molar-refractivity contribution in [3.05, 3.63) is 71.4 Å². The maximum absolute atomic E-state index is 13.3. The number of nitrogens with one attached hydrogen (secondary N) is 2. The predicted molar refractivity (Wildman–Crippen MR) is 96.0 cm³/mol. The van der Waals surface area contributed by atoms with Gasteiger partial charge in [0.05, 0.1) is 0 Å². The number of anilines is 4. The summed E-state index contributed by atoms with van der Waals surface area (Å²) in [6.07, 6.45) is -3.78. The van der Waals surface area contributed by atoms with E-state index < -0.39 is 11.7 Å². The van der Waals surface area contributed by atoms with Gasteiger partial charge in [-0.25, -0.2) is 4.98 Å². The fourth-order valence-corrected chi connectivity index (χ4v) is 2.37. The van der Waals surface area contributed by atoms with E-state index >= 15 is 0 Å². The van der Waals surface area contributed by atoms with Crippen LogP contribution in [0.1, 0.15) is 16.7 Å². The molecule has 1 aromatic heterocycles. The first-order valence-corrected chi connectivity index (χ1v) is 7.93. The van der Waals surface area contributed by atoms with E-state index in [-0.39, 0.29) is 11.8 Å². The fourth-order valence-electron chi connectivity index (χ4n) is 2.37. The smallest absolute Gasteiger partial charge is 0.340 e. The van der Waals surface area contributed by atoms with E-state index in [2.05, 4.69) is 20.6 Å². The van der Waals surface area contributed by atoms with Gasteiger partial charge in [-0.1, -0.05) is 29.8 Å². The Morgan fingerprint density at radius 1 is 0.846 bits per heavy atom. The van der Waals surface area contributed by atoms with Gasteiger partial charge in [0.1, 0.15) is 11.4 Å². The number of rotatable bonds is 4. The Morgan fingerprint density at radius 3 is 2.23 bits per heavy atom. The highest BCUT2D eigenvalue weighted by Gasteiger charge is 2.35. The molecular formula is C19H17F3N4. The second-order valence-electron chi connectivity index (χ2n) is 5.94. The van der Waals surface area contributed by atoms with Crippen molar-refractivity contribution < 1.29 is 13.2 Å². The summed E-state index contributed by atoms with van der Waals surface area (Å²) >= 11 is 0. The Kier molecular flexibility index (Phi) is 4.79. The summed E-state index contributed by atoms with van der Waals surface area (Å²) in [6, 6.07) is 14.4. The molecule has 0 saturated heterocycles. The third kappa shape index (κ3) is 4.30. The van der Waals surface area contributed by atoms with Crippen LogP contribution < -0.4 is 10.6 Å². The Balaban J connectivity index is 1.94. The first-order valence-electron chi connectivity index (χ1n) is 7.93. The highest BCUT2D eigenvalue weighted by atomic mass is 19.4. The highest BCUT2D eigenvalue weighted by molar-refractivity contribution is 5.63. The van der Waals surface area contributed by atoms with Gasteiger partial charge < -0.3 is 10.6 Å². The minimum Gasteiger partial charge on any atom is -0.340 e. The van der Waals surface area contributed by atoms with E-state index in [9.17, 15) is 13.2 Å². The number of halogens is 3. The van der Waals surface area contributed by atoms with Gasteiger partial charge in [0.15, 0.2) is 0 Å². The molecule has 4 nitrogen and oxygen atoms in total. The van der Waals surface area contributed by atoms with Gasteiger partial charge in [0, 0.05) is 17.6 Å². The van der Waals surface area contributed by atoms with Crippen LogP contribution in [0.25, 0.3) is 0 Å². The lowest BCUT2D eigenvalue weighted by Gasteiger charge is -2.15. The Morgan fingerprint density at radius 2 is 1.58 bits per heavy atom. The third-order valence-corrected chi connectivity index (χ3v) is 3.68. The van der Waals surface area contributed by atoms with Gasteiger partial charge >= 0.3 is 6.18 Å². The number of aryl methyl sites for hydroxylation is 2. The minimum absolute atomic E-state index is 0.0817. The summed E-state index contributed by atoms with van der Waals surface area (Å²) in [5, 5.41) is 5.66. The van der Waals surface area contributed by atoms with Crippen LogP contribution in [0.3, 0.4) is 0 Å². The van der Waals surface area contributed by atoms with Crippen LogP contribution >= 0.6 is 0 Å². The Hall–Kier alpha value is -3.09. The minimum atomic E-state index is -4.56. The van der Waals surface area contributed by atoms with Gasteiger partial charge in [-0.2, -0.15) is 18.2 Å². The molecule has 0 amide bonds. The van der Waals surface area contributed by atoms with Crippen LogP contribution in [-0.2, 0) is 6.18 Å². The quantitative estimate of drug-likeness (QED) is 0.637. The van der Waals surface area contributed by atoms with Crippen molar-refractivity contribution in [3.63, 3.8) is 0 Å². The molecular weight excluding hydrogens is 341 g/mol. The average molecular weight is 358 g/mol. The molecule has 0 saturated carbocycles. The zero-order chi connectivity index (χ0) is 18.7. The largest absolute Gasteiger partial charge is 0.421 e. The lowest BCUT2D eigenvalue weighted by Crippen LogP contribution is -2.12. The molecule has 0 atom stereocenters. The molecule has 0 fully saturated rings. The molecule has 134 valence electrons. The van der Waals surface area contributed by atoms with Crippen molar-refractivity contribution in [2.24, 2.45) is 0 Å². The normalized spacial score (nSPS) is 11.3. The van der Waals surface area contributed by atoms with Gasteiger partial charge in [-0.05, 0) is 43.7 Å². The SMILES string of the molecule is Cc1ccc(Nc2nc(Nc3cccc(C)c3)ncc2C(F)(F)F)cc1. The van der Waals surface area contributed by atoms with Gasteiger partial charge in [-0.3, -0.25) is 0 Å². The molecule has 1 heterocycles. The number of aromatic nitrogens is 2. The van der Waals surface area contributed by atoms with Gasteiger partial charge in [0.2, 0.25) is 5.95 Å². The zero-order valence-corrected chi connectivity index (χ0v) is 14.2. The number of hydrogen-bond acceptors (Lipinski definition) is 4. The maximum atomic E-state index is 13.3. The number of alkyl halides is 3. The van der Waals surface area contributed by atoms with Gasteiger partial charge in [-0.15, -0.1) is 0 Å². The molecule has 0 unspecified atom stereocenters. The second-order valence-corrected chi connectivity index (χ2v) is 5.94. The molecule has 2 aromatic carbocycles. The lowest BCUT2D eigenvalue weighted by molar-refractivity contribution is -0.137. The van der Waals surface area contributed by atoms with Crippen LogP contribution in [0.4, 0.5) is 36.3 Å². The average Bonchev–Trinajstić information content (AvgIpc) is 2.56. The Bertz CT molecular complexity index is 905. The van der Waals surface area contributed by atoms with Crippen molar-refractivity contribution >= 4 is 23.1 Å². The van der Waals surface area contributed by atoms with E-state index in [0.29, 0.717) is 11.4 Å². The summed E-state index contributed by atoms with van der Waals surface area (Å²) in [7, 11) is 0. The van der Waals surface area contributed by atoms with Crippen LogP contribution in [0.5, 0.6) is 0 Å². The summed E-state index contributed by atoms with van der Waals surface area (Å²) in [5.74, 6) is -0.218.